The molecule has 4 nitrogen and oxygen atoms in total. The van der Waals surface area contributed by atoms with E-state index < -0.39 is 23.5 Å². The number of carbonyl (C=O) groups is 2. The molecule has 2 aromatic rings. The highest BCUT2D eigenvalue weighted by Gasteiger charge is 2.30. The van der Waals surface area contributed by atoms with Gasteiger partial charge in [0.05, 0.1) is 11.1 Å². The zero-order chi connectivity index (χ0) is 15.6. The first-order valence-corrected chi connectivity index (χ1v) is 5.71. The molecule has 0 atom stereocenters. The molecule has 1 aromatic carbocycles. The van der Waals surface area contributed by atoms with E-state index in [1.807, 2.05) is 0 Å². The second kappa shape index (κ2) is 5.35. The topological polar surface area (TPSA) is 67.3 Å². The molecule has 0 spiro atoms. The van der Waals surface area contributed by atoms with Crippen LogP contribution in [0.25, 0.3) is 0 Å². The van der Waals surface area contributed by atoms with Gasteiger partial charge in [0.15, 0.2) is 0 Å². The molecule has 21 heavy (non-hydrogen) atoms. The Morgan fingerprint density at radius 3 is 2.19 bits per heavy atom. The van der Waals surface area contributed by atoms with Crippen molar-refractivity contribution in [1.82, 2.24) is 4.98 Å². The Morgan fingerprint density at radius 1 is 1.05 bits per heavy atom. The monoisotopic (exact) mass is 295 g/mol. The summed E-state index contributed by atoms with van der Waals surface area (Å²) in [5.74, 6) is -2.08. The number of ketones is 1. The van der Waals surface area contributed by atoms with E-state index in [4.69, 9.17) is 5.11 Å². The predicted octanol–water partition coefficient (Wildman–Crippen LogP) is 3.03. The fourth-order valence-electron chi connectivity index (χ4n) is 1.71. The van der Waals surface area contributed by atoms with Crippen molar-refractivity contribution in [3.63, 3.8) is 0 Å². The molecule has 0 saturated heterocycles. The van der Waals surface area contributed by atoms with E-state index >= 15 is 0 Å². The van der Waals surface area contributed by atoms with Crippen molar-refractivity contribution in [2.75, 3.05) is 0 Å². The molecule has 0 aliphatic heterocycles. The molecular formula is C14H8F3NO3. The largest absolute Gasteiger partial charge is 0.478 e. The Balaban J connectivity index is 2.40. The van der Waals surface area contributed by atoms with E-state index in [2.05, 4.69) is 4.98 Å². The van der Waals surface area contributed by atoms with Crippen LogP contribution in [0.5, 0.6) is 0 Å². The van der Waals surface area contributed by atoms with E-state index in [0.29, 0.717) is 0 Å². The zero-order valence-corrected chi connectivity index (χ0v) is 10.4. The molecule has 2 rings (SSSR count). The highest BCUT2D eigenvalue weighted by Crippen LogP contribution is 2.29. The molecule has 0 amide bonds. The fraction of sp³-hybridized carbons (Fsp3) is 0.0714. The number of hydrogen-bond acceptors (Lipinski definition) is 3. The highest BCUT2D eigenvalue weighted by atomic mass is 19.4. The molecule has 0 aliphatic carbocycles. The molecule has 0 unspecified atom stereocenters. The summed E-state index contributed by atoms with van der Waals surface area (Å²) >= 11 is 0. The summed E-state index contributed by atoms with van der Waals surface area (Å²) in [6, 6.07) is 6.06. The maximum absolute atomic E-state index is 12.4. The Morgan fingerprint density at radius 2 is 1.67 bits per heavy atom. The van der Waals surface area contributed by atoms with Gasteiger partial charge in [-0.1, -0.05) is 12.1 Å². The van der Waals surface area contributed by atoms with Crippen molar-refractivity contribution < 1.29 is 27.9 Å². The van der Waals surface area contributed by atoms with E-state index in [0.717, 1.165) is 24.3 Å². The minimum Gasteiger partial charge on any atom is -0.478 e. The van der Waals surface area contributed by atoms with Gasteiger partial charge in [-0.05, 0) is 24.3 Å². The van der Waals surface area contributed by atoms with Crippen LogP contribution in [0.15, 0.2) is 42.6 Å². The maximum Gasteiger partial charge on any atom is 0.416 e. The number of pyridine rings is 1. The van der Waals surface area contributed by atoms with Crippen LogP contribution in [-0.2, 0) is 6.18 Å². The smallest absolute Gasteiger partial charge is 0.416 e. The second-order valence-electron chi connectivity index (χ2n) is 4.11. The molecule has 0 saturated carbocycles. The van der Waals surface area contributed by atoms with Crippen LogP contribution in [0.4, 0.5) is 13.2 Å². The van der Waals surface area contributed by atoms with Crippen molar-refractivity contribution in [2.24, 2.45) is 0 Å². The van der Waals surface area contributed by atoms with E-state index in [1.165, 1.54) is 18.3 Å². The standard InChI is InChI=1S/C14H8F3NO3/c15-14(16,17)9-5-3-8(4-6-9)12(19)11-10(13(20)21)2-1-7-18-11/h1-7H,(H,20,21). The summed E-state index contributed by atoms with van der Waals surface area (Å²) in [5, 5.41) is 8.97. The quantitative estimate of drug-likeness (QED) is 0.884. The summed E-state index contributed by atoms with van der Waals surface area (Å²) in [6.07, 6.45) is -3.26. The van der Waals surface area contributed by atoms with Crippen LogP contribution < -0.4 is 0 Å². The molecule has 0 aliphatic rings. The number of alkyl halides is 3. The Hall–Kier alpha value is -2.70. The molecule has 1 heterocycles. The molecule has 0 bridgehead atoms. The van der Waals surface area contributed by atoms with E-state index in [9.17, 15) is 22.8 Å². The second-order valence-corrected chi connectivity index (χ2v) is 4.11. The average Bonchev–Trinajstić information content (AvgIpc) is 2.45. The van der Waals surface area contributed by atoms with Gasteiger partial charge in [-0.15, -0.1) is 0 Å². The van der Waals surface area contributed by atoms with Gasteiger partial charge in [-0.3, -0.25) is 9.78 Å². The molecule has 7 heteroatoms. The van der Waals surface area contributed by atoms with Crippen molar-refractivity contribution in [1.29, 1.82) is 0 Å². The van der Waals surface area contributed by atoms with Crippen molar-refractivity contribution in [3.8, 4) is 0 Å². The fourth-order valence-corrected chi connectivity index (χ4v) is 1.71. The lowest BCUT2D eigenvalue weighted by molar-refractivity contribution is -0.137. The lowest BCUT2D eigenvalue weighted by atomic mass is 10.0. The number of benzene rings is 1. The normalized spacial score (nSPS) is 11.2. The molecular weight excluding hydrogens is 287 g/mol. The van der Waals surface area contributed by atoms with E-state index in [1.54, 1.807) is 0 Å². The number of rotatable bonds is 3. The number of halogens is 3. The third kappa shape index (κ3) is 3.07. The minimum absolute atomic E-state index is 0.0656. The summed E-state index contributed by atoms with van der Waals surface area (Å²) in [6.45, 7) is 0. The summed E-state index contributed by atoms with van der Waals surface area (Å²) in [4.78, 5) is 26.8. The molecule has 0 fully saturated rings. The van der Waals surface area contributed by atoms with Gasteiger partial charge >= 0.3 is 12.1 Å². The Bertz CT molecular complexity index is 693. The van der Waals surface area contributed by atoms with Gasteiger partial charge < -0.3 is 5.11 Å². The summed E-state index contributed by atoms with van der Waals surface area (Å²) in [5.41, 5.74) is -1.57. The van der Waals surface area contributed by atoms with Gasteiger partial charge in [0.25, 0.3) is 0 Å². The van der Waals surface area contributed by atoms with Crippen LogP contribution in [0.2, 0.25) is 0 Å². The Labute approximate surface area is 116 Å². The van der Waals surface area contributed by atoms with Crippen LogP contribution in [-0.4, -0.2) is 21.8 Å². The maximum atomic E-state index is 12.4. The van der Waals surface area contributed by atoms with Gasteiger partial charge in [0.1, 0.15) is 5.69 Å². The van der Waals surface area contributed by atoms with Crippen molar-refractivity contribution in [3.05, 3.63) is 65.0 Å². The van der Waals surface area contributed by atoms with Crippen molar-refractivity contribution in [2.45, 2.75) is 6.18 Å². The number of nitrogens with zero attached hydrogens (tertiary/aromatic N) is 1. The number of carboxylic acid groups (broad SMARTS) is 1. The van der Waals surface area contributed by atoms with Gasteiger partial charge in [-0.25, -0.2) is 4.79 Å². The lowest BCUT2D eigenvalue weighted by Crippen LogP contribution is -2.12. The highest BCUT2D eigenvalue weighted by molar-refractivity contribution is 6.12. The summed E-state index contributed by atoms with van der Waals surface area (Å²) in [7, 11) is 0. The molecule has 0 radical (unpaired) electrons. The average molecular weight is 295 g/mol. The molecule has 108 valence electrons. The number of carbonyl (C=O) groups excluding carboxylic acids is 1. The van der Waals surface area contributed by atoms with Crippen LogP contribution in [0.1, 0.15) is 32.0 Å². The van der Waals surface area contributed by atoms with Crippen LogP contribution in [0.3, 0.4) is 0 Å². The SMILES string of the molecule is O=C(O)c1cccnc1C(=O)c1ccc(C(F)(F)F)cc1. The van der Waals surface area contributed by atoms with Crippen LogP contribution >= 0.6 is 0 Å². The van der Waals surface area contributed by atoms with Crippen LogP contribution in [0, 0.1) is 0 Å². The van der Waals surface area contributed by atoms with Gasteiger partial charge in [0.2, 0.25) is 5.78 Å². The zero-order valence-electron chi connectivity index (χ0n) is 10.4. The molecule has 1 N–H and O–H groups in total. The Kier molecular flexibility index (Phi) is 3.75. The predicted molar refractivity (Wildman–Crippen MR) is 66.1 cm³/mol. The first-order chi connectivity index (χ1) is 9.80. The van der Waals surface area contributed by atoms with Gasteiger partial charge in [0, 0.05) is 11.8 Å². The van der Waals surface area contributed by atoms with Crippen molar-refractivity contribution >= 4 is 11.8 Å². The minimum atomic E-state index is -4.50. The summed E-state index contributed by atoms with van der Waals surface area (Å²) < 4.78 is 37.3. The third-order valence-corrected chi connectivity index (χ3v) is 2.73. The third-order valence-electron chi connectivity index (χ3n) is 2.73. The lowest BCUT2D eigenvalue weighted by Gasteiger charge is -2.08. The first kappa shape index (κ1) is 14.7. The van der Waals surface area contributed by atoms with Gasteiger partial charge in [-0.2, -0.15) is 13.2 Å². The first-order valence-electron chi connectivity index (χ1n) is 5.71. The molecule has 1 aromatic heterocycles. The number of aromatic nitrogens is 1. The number of hydrogen-bond donors (Lipinski definition) is 1. The number of aromatic carboxylic acids is 1. The number of carboxylic acids is 1. The van der Waals surface area contributed by atoms with E-state index in [-0.39, 0.29) is 16.8 Å².